The quantitative estimate of drug-likeness (QED) is 0.166. The van der Waals surface area contributed by atoms with E-state index in [0.717, 1.165) is 46.0 Å². The summed E-state index contributed by atoms with van der Waals surface area (Å²) in [4.78, 5) is 0. The van der Waals surface area contributed by atoms with Crippen LogP contribution in [-0.4, -0.2) is 4.57 Å². The van der Waals surface area contributed by atoms with Crippen molar-refractivity contribution in [2.45, 2.75) is 82.5 Å². The summed E-state index contributed by atoms with van der Waals surface area (Å²) in [5, 5.41) is 4.95. The predicted molar refractivity (Wildman–Crippen MR) is 282 cm³/mol. The van der Waals surface area contributed by atoms with E-state index in [-0.39, 0.29) is 10.8 Å². The Morgan fingerprint density at radius 1 is 0.400 bits per heavy atom. The molecule has 0 amide bonds. The van der Waals surface area contributed by atoms with E-state index in [4.69, 9.17) is 0 Å². The Hall–Kier alpha value is -6.32. The van der Waals surface area contributed by atoms with Gasteiger partial charge in [-0.15, -0.1) is 0 Å². The third-order valence-corrected chi connectivity index (χ3v) is 20.4. The van der Waals surface area contributed by atoms with E-state index in [1.54, 1.807) is 17.2 Å². The van der Waals surface area contributed by atoms with Crippen LogP contribution in [-0.2, 0) is 10.8 Å². The maximum atomic E-state index is 15.6. The van der Waals surface area contributed by atoms with Gasteiger partial charge in [0.15, 0.2) is 11.6 Å². The first-order chi connectivity index (χ1) is 34.2. The van der Waals surface area contributed by atoms with E-state index >= 15 is 8.78 Å². The van der Waals surface area contributed by atoms with Crippen LogP contribution >= 0.6 is 0 Å². The summed E-state index contributed by atoms with van der Waals surface area (Å²) < 4.78 is 33.6. The van der Waals surface area contributed by atoms with Crippen LogP contribution in [0.1, 0.15) is 93.9 Å². The number of benzene rings is 8. The van der Waals surface area contributed by atoms with Gasteiger partial charge >= 0.3 is 0 Å². The largest absolute Gasteiger partial charge is 0.309 e. The molecule has 1 aromatic heterocycles. The predicted octanol–water partition coefficient (Wildman–Crippen LogP) is 17.6. The van der Waals surface area contributed by atoms with Crippen LogP contribution in [0.2, 0.25) is 0 Å². The zero-order valence-electron chi connectivity index (χ0n) is 40.1. The molecule has 6 bridgehead atoms. The van der Waals surface area contributed by atoms with Crippen molar-refractivity contribution in [3.8, 4) is 50.2 Å². The maximum absolute atomic E-state index is 15.6. The van der Waals surface area contributed by atoms with Crippen molar-refractivity contribution < 1.29 is 8.78 Å². The van der Waals surface area contributed by atoms with E-state index in [9.17, 15) is 0 Å². The van der Waals surface area contributed by atoms with Crippen LogP contribution in [0.15, 0.2) is 152 Å². The molecule has 3 heteroatoms. The lowest BCUT2D eigenvalue weighted by Gasteiger charge is -2.61. The number of fused-ring (bicyclic) bond motifs is 15. The Morgan fingerprint density at radius 2 is 1.03 bits per heavy atom. The van der Waals surface area contributed by atoms with Crippen LogP contribution < -0.4 is 0 Å². The number of hydrogen-bond donors (Lipinski definition) is 0. The lowest BCUT2D eigenvalue weighted by Crippen LogP contribution is -2.55. The Labute approximate surface area is 409 Å². The number of hydrogen-bond acceptors (Lipinski definition) is 0. The zero-order valence-corrected chi connectivity index (χ0v) is 40.1. The highest BCUT2D eigenvalue weighted by Gasteiger charge is 2.62. The van der Waals surface area contributed by atoms with E-state index < -0.39 is 11.6 Å². The fourth-order valence-electron chi connectivity index (χ4n) is 18.3. The third kappa shape index (κ3) is 5.17. The molecular weight excluding hydrogens is 857 g/mol. The molecule has 8 aromatic carbocycles. The minimum atomic E-state index is -0.747. The molecule has 0 N–H and O–H groups in total. The maximum Gasteiger partial charge on any atom is 0.159 e. The van der Waals surface area contributed by atoms with Crippen molar-refractivity contribution in [2.75, 3.05) is 0 Å². The zero-order chi connectivity index (χ0) is 46.4. The molecule has 344 valence electrons. The molecule has 2 spiro atoms. The molecule has 6 saturated carbocycles. The second kappa shape index (κ2) is 14.2. The van der Waals surface area contributed by atoms with Crippen LogP contribution in [0.5, 0.6) is 0 Å². The van der Waals surface area contributed by atoms with Crippen LogP contribution in [0.25, 0.3) is 82.8 Å². The Morgan fingerprint density at radius 3 is 1.89 bits per heavy atom. The standard InChI is InChI=1S/C67H57F2N/c1-37-22-39-24-38(2)66(46(23-37)26-39)58-13-6-5-11-52(58)53-18-14-43(32-59(53)66)44-15-19-55-57-31-45(51-12-7-9-42-8-3-4-10-50(42)51)16-21-64(57)70(65(55)33-44)49-17-20-54-56-35-62(68)63(69)36-61(56)67(60(54)34-49)47-27-40-25-41(29-47)30-48(67)28-40/h3-21,31-41,46-48H,22-30H2,1-2H3/t37?,38-,39?,40?,41?,46?,47?,48?,66?,67?/m1/s1. The van der Waals surface area contributed by atoms with E-state index in [2.05, 4.69) is 158 Å². The molecule has 9 aromatic rings. The summed E-state index contributed by atoms with van der Waals surface area (Å²) in [6.45, 7) is 5.07. The Balaban J connectivity index is 0.919. The summed E-state index contributed by atoms with van der Waals surface area (Å²) >= 11 is 0. The average molecular weight is 914 g/mol. The second-order valence-electron chi connectivity index (χ2n) is 23.7. The van der Waals surface area contributed by atoms with Gasteiger partial charge < -0.3 is 4.57 Å². The first kappa shape index (κ1) is 40.4. The molecule has 0 radical (unpaired) electrons. The van der Waals surface area contributed by atoms with Gasteiger partial charge in [-0.1, -0.05) is 117 Å². The van der Waals surface area contributed by atoms with E-state index in [1.807, 2.05) is 0 Å². The van der Waals surface area contributed by atoms with Crippen molar-refractivity contribution in [1.29, 1.82) is 0 Å². The topological polar surface area (TPSA) is 4.93 Å². The van der Waals surface area contributed by atoms with Crippen molar-refractivity contribution in [3.05, 3.63) is 186 Å². The normalized spacial score (nSPS) is 29.6. The van der Waals surface area contributed by atoms with Gasteiger partial charge in [-0.3, -0.25) is 0 Å². The van der Waals surface area contributed by atoms with Gasteiger partial charge in [0.25, 0.3) is 0 Å². The van der Waals surface area contributed by atoms with Crippen LogP contribution in [0.4, 0.5) is 8.78 Å². The van der Waals surface area contributed by atoms with Gasteiger partial charge in [0.2, 0.25) is 0 Å². The highest BCUT2D eigenvalue weighted by Crippen LogP contribution is 2.70. The lowest BCUT2D eigenvalue weighted by molar-refractivity contribution is -0.0400. The summed E-state index contributed by atoms with van der Waals surface area (Å²) in [6, 6.07) is 56.6. The molecule has 70 heavy (non-hydrogen) atoms. The number of nitrogens with zero attached hydrogens (tertiary/aromatic N) is 1. The first-order valence-corrected chi connectivity index (χ1v) is 26.7. The van der Waals surface area contributed by atoms with Crippen LogP contribution in [0, 0.1) is 59.0 Å². The third-order valence-electron chi connectivity index (χ3n) is 20.4. The Kier molecular flexibility index (Phi) is 8.19. The molecule has 6 fully saturated rings. The van der Waals surface area contributed by atoms with Gasteiger partial charge in [0, 0.05) is 27.3 Å². The van der Waals surface area contributed by atoms with Gasteiger partial charge in [0.05, 0.1) is 11.0 Å². The van der Waals surface area contributed by atoms with E-state index in [0.29, 0.717) is 23.7 Å². The number of halogens is 2. The molecule has 5 atom stereocenters. The molecule has 4 unspecified atom stereocenters. The second-order valence-corrected chi connectivity index (χ2v) is 23.7. The van der Waals surface area contributed by atoms with Gasteiger partial charge in [-0.2, -0.15) is 0 Å². The van der Waals surface area contributed by atoms with Gasteiger partial charge in [-0.05, 0) is 231 Å². The fourth-order valence-corrected chi connectivity index (χ4v) is 18.3. The lowest BCUT2D eigenvalue weighted by atomic mass is 9.43. The highest BCUT2D eigenvalue weighted by molar-refractivity contribution is 6.12. The molecule has 1 heterocycles. The number of rotatable bonds is 3. The molecule has 0 aliphatic heterocycles. The molecule has 8 aliphatic rings. The van der Waals surface area contributed by atoms with Crippen LogP contribution in [0.3, 0.4) is 0 Å². The summed E-state index contributed by atoms with van der Waals surface area (Å²) in [5.41, 5.74) is 18.4. The Bertz CT molecular complexity index is 3700. The first-order valence-electron chi connectivity index (χ1n) is 26.7. The van der Waals surface area contributed by atoms with Crippen molar-refractivity contribution in [3.63, 3.8) is 0 Å². The summed E-state index contributed by atoms with van der Waals surface area (Å²) in [6.07, 6.45) is 11.3. The van der Waals surface area contributed by atoms with Crippen molar-refractivity contribution >= 4 is 32.6 Å². The molecule has 8 aliphatic carbocycles. The summed E-state index contributed by atoms with van der Waals surface area (Å²) in [5.74, 6) is 3.68. The highest BCUT2D eigenvalue weighted by atomic mass is 19.2. The average Bonchev–Trinajstić information content (AvgIpc) is 3.96. The van der Waals surface area contributed by atoms with Gasteiger partial charge in [-0.25, -0.2) is 8.78 Å². The number of aromatic nitrogens is 1. The summed E-state index contributed by atoms with van der Waals surface area (Å²) in [7, 11) is 0. The molecule has 0 saturated heterocycles. The SMILES string of the molecule is CC1CC2CC(C1)C1(c3ccccc3-c3ccc(-c4ccc5c6cc(-c7cccc8ccccc78)ccc6n(-c6ccc7c(c6)C6(c8cc(F)c(F)cc8-7)C7CC8CC(C7)CC6C8)c5c4)cc31)[C@H](C)C2. The smallest absolute Gasteiger partial charge is 0.159 e. The minimum Gasteiger partial charge on any atom is -0.309 e. The van der Waals surface area contributed by atoms with E-state index in [1.165, 1.54) is 135 Å². The fraction of sp³-hybridized carbons (Fsp3) is 0.313. The van der Waals surface area contributed by atoms with Crippen molar-refractivity contribution in [1.82, 2.24) is 4.57 Å². The molecular formula is C67H57F2N. The monoisotopic (exact) mass is 913 g/mol. The minimum absolute atomic E-state index is 0.0197. The van der Waals surface area contributed by atoms with Gasteiger partial charge in [0.1, 0.15) is 0 Å². The molecule has 17 rings (SSSR count). The molecule has 1 nitrogen and oxygen atoms in total. The van der Waals surface area contributed by atoms with Crippen molar-refractivity contribution in [2.24, 2.45) is 47.3 Å².